The smallest absolute Gasteiger partial charge is 0.119 e. The lowest BCUT2D eigenvalue weighted by molar-refractivity contribution is 0.521. The quantitative estimate of drug-likeness (QED) is 0.274. The van der Waals surface area contributed by atoms with Gasteiger partial charge in [-0.25, -0.2) is 0 Å². The summed E-state index contributed by atoms with van der Waals surface area (Å²) in [6.45, 7) is 4.36. The van der Waals surface area contributed by atoms with Gasteiger partial charge in [-0.1, -0.05) is 33.1 Å². The second kappa shape index (κ2) is 6.01. The molecule has 0 heterocycles. The summed E-state index contributed by atoms with van der Waals surface area (Å²) in [4.78, 5) is 0. The Morgan fingerprint density at radius 1 is 1.55 bits per heavy atom. The first-order valence-electron chi connectivity index (χ1n) is 4.22. The van der Waals surface area contributed by atoms with E-state index < -0.39 is 0 Å². The fourth-order valence-corrected chi connectivity index (χ4v) is 1.06. The van der Waals surface area contributed by atoms with Gasteiger partial charge in [-0.2, -0.15) is 5.10 Å². The number of hydrazone groups is 1. The Morgan fingerprint density at radius 2 is 2.18 bits per heavy atom. The molecule has 0 saturated carbocycles. The van der Waals surface area contributed by atoms with E-state index in [1.807, 2.05) is 0 Å². The van der Waals surface area contributed by atoms with E-state index in [9.17, 15) is 0 Å². The van der Waals surface area contributed by atoms with Crippen molar-refractivity contribution in [2.75, 3.05) is 0 Å². The van der Waals surface area contributed by atoms with Crippen molar-refractivity contribution in [3.05, 3.63) is 0 Å². The summed E-state index contributed by atoms with van der Waals surface area (Å²) in [5, 5.41) is 3.43. The summed E-state index contributed by atoms with van der Waals surface area (Å²) in [5.41, 5.74) is 5.47. The Labute approximate surface area is 68.8 Å². The van der Waals surface area contributed by atoms with Crippen LogP contribution in [0.3, 0.4) is 0 Å². The third kappa shape index (κ3) is 5.70. The first-order chi connectivity index (χ1) is 5.20. The Hall–Kier alpha value is -0.730. The highest BCUT2D eigenvalue weighted by atomic mass is 15.1. The van der Waals surface area contributed by atoms with Gasteiger partial charge in [0.25, 0.3) is 0 Å². The molecule has 3 nitrogen and oxygen atoms in total. The van der Waals surface area contributed by atoms with Crippen molar-refractivity contribution in [2.24, 2.45) is 22.6 Å². The van der Waals surface area contributed by atoms with Gasteiger partial charge in [-0.3, -0.25) is 0 Å². The van der Waals surface area contributed by atoms with Crippen LogP contribution in [0.15, 0.2) is 5.10 Å². The number of nitrogens with two attached hydrogens (primary N) is 2. The molecule has 0 aromatic carbocycles. The van der Waals surface area contributed by atoms with Crippen molar-refractivity contribution in [3.8, 4) is 0 Å². The SMILES string of the molecule is CCCC[C@H](C)C/C(N)=N/N. The molecule has 0 aromatic heterocycles. The average molecular weight is 157 g/mol. The van der Waals surface area contributed by atoms with Crippen LogP contribution in [0.25, 0.3) is 0 Å². The molecule has 0 aliphatic heterocycles. The van der Waals surface area contributed by atoms with E-state index >= 15 is 0 Å². The van der Waals surface area contributed by atoms with Gasteiger partial charge in [0.1, 0.15) is 5.84 Å². The maximum atomic E-state index is 5.47. The second-order valence-corrected chi connectivity index (χ2v) is 3.07. The molecule has 0 radical (unpaired) electrons. The van der Waals surface area contributed by atoms with Crippen LogP contribution in [0.1, 0.15) is 39.5 Å². The molecule has 0 aromatic rings. The molecule has 0 aliphatic rings. The van der Waals surface area contributed by atoms with Gasteiger partial charge >= 0.3 is 0 Å². The lowest BCUT2D eigenvalue weighted by Crippen LogP contribution is -2.17. The number of rotatable bonds is 5. The molecule has 0 fully saturated rings. The second-order valence-electron chi connectivity index (χ2n) is 3.07. The van der Waals surface area contributed by atoms with E-state index in [4.69, 9.17) is 11.6 Å². The number of amidine groups is 1. The monoisotopic (exact) mass is 157 g/mol. The van der Waals surface area contributed by atoms with Crippen LogP contribution in [0.2, 0.25) is 0 Å². The van der Waals surface area contributed by atoms with E-state index in [0.29, 0.717) is 11.8 Å². The molecule has 0 bridgehead atoms. The summed E-state index contributed by atoms with van der Waals surface area (Å²) in [6, 6.07) is 0. The fraction of sp³-hybridized carbons (Fsp3) is 0.875. The zero-order chi connectivity index (χ0) is 8.69. The van der Waals surface area contributed by atoms with E-state index in [2.05, 4.69) is 18.9 Å². The van der Waals surface area contributed by atoms with Gasteiger partial charge in [-0.05, 0) is 5.92 Å². The number of hydrogen-bond acceptors (Lipinski definition) is 2. The topological polar surface area (TPSA) is 64.4 Å². The first kappa shape index (κ1) is 10.3. The van der Waals surface area contributed by atoms with Gasteiger partial charge < -0.3 is 11.6 Å². The molecule has 0 rings (SSSR count). The zero-order valence-electron chi connectivity index (χ0n) is 7.51. The molecule has 3 heteroatoms. The normalized spacial score (nSPS) is 14.9. The van der Waals surface area contributed by atoms with E-state index in [-0.39, 0.29) is 0 Å². The highest BCUT2D eigenvalue weighted by Crippen LogP contribution is 2.10. The van der Waals surface area contributed by atoms with Crippen LogP contribution in [0.4, 0.5) is 0 Å². The molecule has 4 N–H and O–H groups in total. The molecular formula is C8H19N3. The standard InChI is InChI=1S/C8H19N3/c1-3-4-5-7(2)6-8(9)11-10/h7H,3-6,10H2,1-2H3,(H2,9,11)/t7-/m0/s1. The maximum Gasteiger partial charge on any atom is 0.119 e. The molecule has 0 spiro atoms. The molecule has 66 valence electrons. The average Bonchev–Trinajstić information content (AvgIpc) is 2.00. The Morgan fingerprint density at radius 3 is 2.64 bits per heavy atom. The minimum atomic E-state index is 0.564. The van der Waals surface area contributed by atoms with Crippen LogP contribution in [0.5, 0.6) is 0 Å². The third-order valence-electron chi connectivity index (χ3n) is 1.77. The lowest BCUT2D eigenvalue weighted by atomic mass is 10.0. The Kier molecular flexibility index (Phi) is 5.61. The van der Waals surface area contributed by atoms with Gasteiger partial charge in [0.2, 0.25) is 0 Å². The summed E-state index contributed by atoms with van der Waals surface area (Å²) in [5.74, 6) is 6.19. The largest absolute Gasteiger partial charge is 0.386 e. The van der Waals surface area contributed by atoms with Gasteiger partial charge in [0.05, 0.1) is 0 Å². The van der Waals surface area contributed by atoms with Crippen molar-refractivity contribution >= 4 is 5.84 Å². The summed E-state index contributed by atoms with van der Waals surface area (Å²) in [7, 11) is 0. The molecule has 1 atom stereocenters. The van der Waals surface area contributed by atoms with Gasteiger partial charge in [0, 0.05) is 6.42 Å². The number of unbranched alkanes of at least 4 members (excludes halogenated alkanes) is 1. The fourth-order valence-electron chi connectivity index (χ4n) is 1.06. The number of hydrogen-bond donors (Lipinski definition) is 2. The number of nitrogens with zero attached hydrogens (tertiary/aromatic N) is 1. The molecule has 0 saturated heterocycles. The van der Waals surface area contributed by atoms with Crippen LogP contribution >= 0.6 is 0 Å². The van der Waals surface area contributed by atoms with Gasteiger partial charge in [-0.15, -0.1) is 0 Å². The van der Waals surface area contributed by atoms with Crippen molar-refractivity contribution in [1.82, 2.24) is 0 Å². The van der Waals surface area contributed by atoms with E-state index in [1.54, 1.807) is 0 Å². The Bertz CT molecular complexity index is 121. The predicted octanol–water partition coefficient (Wildman–Crippen LogP) is 1.43. The third-order valence-corrected chi connectivity index (χ3v) is 1.77. The summed E-state index contributed by atoms with van der Waals surface area (Å²) < 4.78 is 0. The minimum absolute atomic E-state index is 0.564. The van der Waals surface area contributed by atoms with E-state index in [1.165, 1.54) is 19.3 Å². The Balaban J connectivity index is 3.43. The molecule has 0 unspecified atom stereocenters. The van der Waals surface area contributed by atoms with Crippen molar-refractivity contribution in [3.63, 3.8) is 0 Å². The van der Waals surface area contributed by atoms with Crippen LogP contribution in [0, 0.1) is 5.92 Å². The van der Waals surface area contributed by atoms with Crippen LogP contribution < -0.4 is 11.6 Å². The summed E-state index contributed by atoms with van der Waals surface area (Å²) >= 11 is 0. The predicted molar refractivity (Wildman–Crippen MR) is 49.1 cm³/mol. The highest BCUT2D eigenvalue weighted by molar-refractivity contribution is 5.80. The summed E-state index contributed by atoms with van der Waals surface area (Å²) in [6.07, 6.45) is 4.55. The van der Waals surface area contributed by atoms with Crippen molar-refractivity contribution < 1.29 is 0 Å². The zero-order valence-corrected chi connectivity index (χ0v) is 7.51. The van der Waals surface area contributed by atoms with Crippen LogP contribution in [-0.4, -0.2) is 5.84 Å². The maximum absolute atomic E-state index is 5.47. The molecule has 0 amide bonds. The minimum Gasteiger partial charge on any atom is -0.386 e. The lowest BCUT2D eigenvalue weighted by Gasteiger charge is -2.08. The molecule has 0 aliphatic carbocycles. The van der Waals surface area contributed by atoms with Crippen molar-refractivity contribution in [2.45, 2.75) is 39.5 Å². The van der Waals surface area contributed by atoms with Crippen molar-refractivity contribution in [1.29, 1.82) is 0 Å². The van der Waals surface area contributed by atoms with E-state index in [0.717, 1.165) is 6.42 Å². The first-order valence-corrected chi connectivity index (χ1v) is 4.22. The molecule has 11 heavy (non-hydrogen) atoms. The molecular weight excluding hydrogens is 138 g/mol. The van der Waals surface area contributed by atoms with Gasteiger partial charge in [0.15, 0.2) is 0 Å². The highest BCUT2D eigenvalue weighted by Gasteiger charge is 2.02. The van der Waals surface area contributed by atoms with Crippen LogP contribution in [-0.2, 0) is 0 Å².